The van der Waals surface area contributed by atoms with E-state index in [-0.39, 0.29) is 29.4 Å². The standard InChI is InChI=1S/C20H17NO6/c1-12-4-2-3-5-17(12)26-11-14-7-9-18(27-14)19(23)21-16-8-6-13(22)10-15(16)20(24)25/h2-10,22H,11H2,1H3,(H,21,23)(H,24,25). The van der Waals surface area contributed by atoms with Crippen molar-refractivity contribution in [2.45, 2.75) is 13.5 Å². The Morgan fingerprint density at radius 2 is 1.89 bits per heavy atom. The van der Waals surface area contributed by atoms with Crippen molar-refractivity contribution in [3.05, 3.63) is 77.2 Å². The number of phenolic OH excluding ortho intramolecular Hbond substituents is 1. The van der Waals surface area contributed by atoms with Crippen LogP contribution >= 0.6 is 0 Å². The lowest BCUT2D eigenvalue weighted by molar-refractivity contribution is 0.0697. The third kappa shape index (κ3) is 4.27. The highest BCUT2D eigenvalue weighted by molar-refractivity contribution is 6.06. The molecule has 0 aliphatic carbocycles. The number of furan rings is 1. The average molecular weight is 367 g/mol. The molecule has 27 heavy (non-hydrogen) atoms. The van der Waals surface area contributed by atoms with Crippen LogP contribution < -0.4 is 10.1 Å². The number of benzene rings is 2. The first-order chi connectivity index (χ1) is 12.9. The van der Waals surface area contributed by atoms with Gasteiger partial charge in [-0.15, -0.1) is 0 Å². The van der Waals surface area contributed by atoms with E-state index in [0.29, 0.717) is 5.76 Å². The Morgan fingerprint density at radius 3 is 2.63 bits per heavy atom. The van der Waals surface area contributed by atoms with Gasteiger partial charge in [-0.25, -0.2) is 4.79 Å². The molecule has 0 radical (unpaired) electrons. The number of hydrogen-bond donors (Lipinski definition) is 3. The summed E-state index contributed by atoms with van der Waals surface area (Å²) >= 11 is 0. The van der Waals surface area contributed by atoms with Crippen LogP contribution in [0.5, 0.6) is 11.5 Å². The van der Waals surface area contributed by atoms with Gasteiger partial charge < -0.3 is 24.7 Å². The number of carboxylic acids is 1. The van der Waals surface area contributed by atoms with Gasteiger partial charge in [0.25, 0.3) is 5.91 Å². The Kier molecular flexibility index (Phi) is 5.12. The molecule has 0 fully saturated rings. The van der Waals surface area contributed by atoms with Gasteiger partial charge >= 0.3 is 5.97 Å². The van der Waals surface area contributed by atoms with Crippen LogP contribution in [0.2, 0.25) is 0 Å². The van der Waals surface area contributed by atoms with Crippen molar-refractivity contribution in [3.63, 3.8) is 0 Å². The molecule has 3 aromatic rings. The maximum Gasteiger partial charge on any atom is 0.337 e. The van der Waals surface area contributed by atoms with Crippen LogP contribution in [0.3, 0.4) is 0 Å². The largest absolute Gasteiger partial charge is 0.508 e. The molecule has 1 aromatic heterocycles. The van der Waals surface area contributed by atoms with E-state index in [0.717, 1.165) is 17.4 Å². The van der Waals surface area contributed by atoms with E-state index < -0.39 is 11.9 Å². The zero-order valence-corrected chi connectivity index (χ0v) is 14.4. The zero-order valence-electron chi connectivity index (χ0n) is 14.4. The molecule has 2 aromatic carbocycles. The van der Waals surface area contributed by atoms with Crippen molar-refractivity contribution < 1.29 is 29.0 Å². The van der Waals surface area contributed by atoms with Crippen LogP contribution in [0.1, 0.15) is 32.2 Å². The van der Waals surface area contributed by atoms with Crippen molar-refractivity contribution >= 4 is 17.6 Å². The molecule has 0 spiro atoms. The van der Waals surface area contributed by atoms with Gasteiger partial charge in [0.2, 0.25) is 0 Å². The lowest BCUT2D eigenvalue weighted by atomic mass is 10.1. The number of amides is 1. The molecule has 0 saturated carbocycles. The van der Waals surface area contributed by atoms with Crippen LogP contribution in [-0.2, 0) is 6.61 Å². The molecule has 3 N–H and O–H groups in total. The number of ether oxygens (including phenoxy) is 1. The summed E-state index contributed by atoms with van der Waals surface area (Å²) in [5.74, 6) is -0.900. The molecule has 0 aliphatic rings. The zero-order chi connectivity index (χ0) is 19.4. The number of carbonyl (C=O) groups is 2. The highest BCUT2D eigenvalue weighted by Gasteiger charge is 2.17. The SMILES string of the molecule is Cc1ccccc1OCc1ccc(C(=O)Nc2ccc(O)cc2C(=O)O)o1. The lowest BCUT2D eigenvalue weighted by Crippen LogP contribution is -2.14. The van der Waals surface area contributed by atoms with Gasteiger partial charge in [0, 0.05) is 0 Å². The maximum absolute atomic E-state index is 12.3. The van der Waals surface area contributed by atoms with E-state index in [2.05, 4.69) is 5.32 Å². The number of hydrogen-bond acceptors (Lipinski definition) is 5. The van der Waals surface area contributed by atoms with Crippen LogP contribution in [-0.4, -0.2) is 22.1 Å². The van der Waals surface area contributed by atoms with Crippen molar-refractivity contribution in [2.75, 3.05) is 5.32 Å². The number of carboxylic acid groups (broad SMARTS) is 1. The second-order valence-electron chi connectivity index (χ2n) is 5.81. The highest BCUT2D eigenvalue weighted by atomic mass is 16.5. The van der Waals surface area contributed by atoms with Gasteiger partial charge in [0.1, 0.15) is 23.9 Å². The fourth-order valence-electron chi connectivity index (χ4n) is 2.45. The number of carbonyl (C=O) groups excluding carboxylic acids is 1. The summed E-state index contributed by atoms with van der Waals surface area (Å²) < 4.78 is 11.1. The average Bonchev–Trinajstić information content (AvgIpc) is 3.11. The fourth-order valence-corrected chi connectivity index (χ4v) is 2.45. The third-order valence-corrected chi connectivity index (χ3v) is 3.83. The number of anilines is 1. The minimum absolute atomic E-state index is 0.0165. The molecule has 3 rings (SSSR count). The van der Waals surface area contributed by atoms with E-state index in [1.165, 1.54) is 18.2 Å². The Hall–Kier alpha value is -3.74. The Bertz CT molecular complexity index is 992. The van der Waals surface area contributed by atoms with E-state index in [1.54, 1.807) is 6.07 Å². The number of aromatic hydroxyl groups is 1. The van der Waals surface area contributed by atoms with Crippen LogP contribution in [0.15, 0.2) is 59.0 Å². The van der Waals surface area contributed by atoms with Crippen molar-refractivity contribution in [1.29, 1.82) is 0 Å². The minimum atomic E-state index is -1.27. The van der Waals surface area contributed by atoms with Gasteiger partial charge in [-0.2, -0.15) is 0 Å². The van der Waals surface area contributed by atoms with Crippen molar-refractivity contribution in [2.24, 2.45) is 0 Å². The second kappa shape index (κ2) is 7.65. The summed E-state index contributed by atoms with van der Waals surface area (Å²) in [6.07, 6.45) is 0. The van der Waals surface area contributed by atoms with Crippen molar-refractivity contribution in [1.82, 2.24) is 0 Å². The summed E-state index contributed by atoms with van der Waals surface area (Å²) in [6.45, 7) is 2.08. The molecule has 138 valence electrons. The van der Waals surface area contributed by atoms with Crippen LogP contribution in [0.4, 0.5) is 5.69 Å². The van der Waals surface area contributed by atoms with E-state index in [4.69, 9.17) is 9.15 Å². The molecule has 0 unspecified atom stereocenters. The number of aryl methyl sites for hydroxylation is 1. The molecule has 0 saturated heterocycles. The lowest BCUT2D eigenvalue weighted by Gasteiger charge is -2.08. The first-order valence-electron chi connectivity index (χ1n) is 8.09. The number of para-hydroxylation sites is 1. The van der Waals surface area contributed by atoms with Crippen molar-refractivity contribution in [3.8, 4) is 11.5 Å². The molecule has 7 heteroatoms. The highest BCUT2D eigenvalue weighted by Crippen LogP contribution is 2.23. The first-order valence-corrected chi connectivity index (χ1v) is 8.09. The first kappa shape index (κ1) is 18.1. The van der Waals surface area contributed by atoms with Crippen LogP contribution in [0, 0.1) is 6.92 Å². The van der Waals surface area contributed by atoms with E-state index in [1.807, 2.05) is 31.2 Å². The number of aromatic carboxylic acids is 1. The summed E-state index contributed by atoms with van der Waals surface area (Å²) in [4.78, 5) is 23.6. The molecular weight excluding hydrogens is 350 g/mol. The smallest absolute Gasteiger partial charge is 0.337 e. The summed E-state index contributed by atoms with van der Waals surface area (Å²) in [5.41, 5.74) is 0.813. The third-order valence-electron chi connectivity index (χ3n) is 3.83. The molecule has 0 aliphatic heterocycles. The maximum atomic E-state index is 12.3. The molecule has 1 heterocycles. The molecule has 7 nitrogen and oxygen atoms in total. The van der Waals surface area contributed by atoms with Gasteiger partial charge in [-0.05, 0) is 48.9 Å². The Labute approximate surface area is 154 Å². The monoisotopic (exact) mass is 367 g/mol. The predicted octanol–water partition coefficient (Wildman–Crippen LogP) is 3.82. The molecular formula is C20H17NO6. The number of phenols is 1. The van der Waals surface area contributed by atoms with E-state index in [9.17, 15) is 19.8 Å². The van der Waals surface area contributed by atoms with Crippen LogP contribution in [0.25, 0.3) is 0 Å². The fraction of sp³-hybridized carbons (Fsp3) is 0.100. The van der Waals surface area contributed by atoms with Gasteiger partial charge in [-0.1, -0.05) is 18.2 Å². The van der Waals surface area contributed by atoms with E-state index >= 15 is 0 Å². The normalized spacial score (nSPS) is 10.4. The number of nitrogens with one attached hydrogen (secondary N) is 1. The Morgan fingerprint density at radius 1 is 1.11 bits per heavy atom. The van der Waals surface area contributed by atoms with Gasteiger partial charge in [0.05, 0.1) is 11.3 Å². The van der Waals surface area contributed by atoms with Gasteiger partial charge in [0.15, 0.2) is 5.76 Å². The predicted molar refractivity (Wildman–Crippen MR) is 97.2 cm³/mol. The van der Waals surface area contributed by atoms with Gasteiger partial charge in [-0.3, -0.25) is 4.79 Å². The quantitative estimate of drug-likeness (QED) is 0.572. The molecule has 0 bridgehead atoms. The second-order valence-corrected chi connectivity index (χ2v) is 5.81. The Balaban J connectivity index is 1.69. The summed E-state index contributed by atoms with van der Waals surface area (Å²) in [5, 5.41) is 21.0. The summed E-state index contributed by atoms with van der Waals surface area (Å²) in [7, 11) is 0. The summed E-state index contributed by atoms with van der Waals surface area (Å²) in [6, 6.07) is 14.3. The molecule has 1 amide bonds. The molecule has 0 atom stereocenters. The topological polar surface area (TPSA) is 109 Å². The number of rotatable bonds is 6. The minimum Gasteiger partial charge on any atom is -0.508 e.